The fourth-order valence-corrected chi connectivity index (χ4v) is 3.09. The van der Waals surface area contributed by atoms with Crippen LogP contribution in [0.15, 0.2) is 18.2 Å². The van der Waals surface area contributed by atoms with Crippen LogP contribution in [0.4, 0.5) is 5.69 Å². The van der Waals surface area contributed by atoms with Crippen molar-refractivity contribution in [1.82, 2.24) is 20.2 Å². The monoisotopic (exact) mass is 299 g/mol. The number of fused-ring (bicyclic) bond motifs is 1. The molecule has 0 unspecified atom stereocenters. The molecule has 0 saturated heterocycles. The molecule has 1 aliphatic carbocycles. The van der Waals surface area contributed by atoms with Gasteiger partial charge in [-0.3, -0.25) is 9.89 Å². The van der Waals surface area contributed by atoms with E-state index in [4.69, 9.17) is 0 Å². The molecule has 4 rings (SSSR count). The van der Waals surface area contributed by atoms with E-state index >= 15 is 0 Å². The van der Waals surface area contributed by atoms with E-state index in [0.717, 1.165) is 39.6 Å². The molecular formula is C14H13N5OS. The van der Waals surface area contributed by atoms with E-state index in [0.29, 0.717) is 5.92 Å². The van der Waals surface area contributed by atoms with Crippen LogP contribution in [0.2, 0.25) is 0 Å². The molecule has 1 fully saturated rings. The summed E-state index contributed by atoms with van der Waals surface area (Å²) < 4.78 is 1.05. The summed E-state index contributed by atoms with van der Waals surface area (Å²) in [5.74, 6) is 1.17. The van der Waals surface area contributed by atoms with Gasteiger partial charge in [0.15, 0.2) is 0 Å². The summed E-state index contributed by atoms with van der Waals surface area (Å²) in [7, 11) is 0. The lowest BCUT2D eigenvalue weighted by Gasteiger charge is -2.01. The molecule has 1 aromatic carbocycles. The minimum absolute atomic E-state index is 0.192. The van der Waals surface area contributed by atoms with Gasteiger partial charge in [0, 0.05) is 11.6 Å². The predicted octanol–water partition coefficient (Wildman–Crippen LogP) is 2.85. The second-order valence-corrected chi connectivity index (χ2v) is 6.42. The van der Waals surface area contributed by atoms with Crippen LogP contribution in [0, 0.1) is 6.92 Å². The zero-order valence-electron chi connectivity index (χ0n) is 11.4. The first-order valence-electron chi connectivity index (χ1n) is 6.80. The minimum Gasteiger partial charge on any atom is -0.319 e. The van der Waals surface area contributed by atoms with Crippen LogP contribution in [-0.4, -0.2) is 26.1 Å². The van der Waals surface area contributed by atoms with E-state index in [1.807, 2.05) is 25.1 Å². The summed E-state index contributed by atoms with van der Waals surface area (Å²) in [5.41, 5.74) is 1.68. The zero-order chi connectivity index (χ0) is 14.4. The van der Waals surface area contributed by atoms with Gasteiger partial charge in [-0.15, -0.1) is 16.4 Å². The van der Waals surface area contributed by atoms with Crippen molar-refractivity contribution in [2.45, 2.75) is 25.7 Å². The molecule has 106 valence electrons. The van der Waals surface area contributed by atoms with E-state index in [9.17, 15) is 4.79 Å². The number of anilines is 1. The molecule has 1 aliphatic rings. The maximum atomic E-state index is 12.1. The molecular weight excluding hydrogens is 286 g/mol. The highest BCUT2D eigenvalue weighted by molar-refractivity contribution is 7.18. The van der Waals surface area contributed by atoms with Gasteiger partial charge in [0.2, 0.25) is 5.82 Å². The van der Waals surface area contributed by atoms with E-state index in [1.54, 1.807) is 11.3 Å². The third kappa shape index (κ3) is 2.40. The van der Waals surface area contributed by atoms with Gasteiger partial charge in [0.25, 0.3) is 5.91 Å². The number of hydrogen-bond acceptors (Lipinski definition) is 5. The van der Waals surface area contributed by atoms with Crippen molar-refractivity contribution in [2.75, 3.05) is 5.32 Å². The number of aromatic amines is 1. The average Bonchev–Trinajstić information content (AvgIpc) is 3.06. The Bertz CT molecular complexity index is 833. The highest BCUT2D eigenvalue weighted by Gasteiger charge is 2.28. The van der Waals surface area contributed by atoms with Gasteiger partial charge in [-0.1, -0.05) is 0 Å². The van der Waals surface area contributed by atoms with Crippen LogP contribution in [0.5, 0.6) is 0 Å². The molecule has 2 aromatic heterocycles. The number of nitrogens with zero attached hydrogens (tertiary/aromatic N) is 3. The molecule has 7 heteroatoms. The third-order valence-electron chi connectivity index (χ3n) is 3.42. The number of aryl methyl sites for hydroxylation is 1. The number of benzene rings is 1. The lowest BCUT2D eigenvalue weighted by molar-refractivity contribution is 0.101. The molecule has 0 atom stereocenters. The Morgan fingerprint density at radius 1 is 1.38 bits per heavy atom. The molecule has 0 spiro atoms. The number of amides is 1. The van der Waals surface area contributed by atoms with E-state index in [-0.39, 0.29) is 11.7 Å². The molecule has 21 heavy (non-hydrogen) atoms. The molecule has 0 aliphatic heterocycles. The number of nitrogens with one attached hydrogen (secondary N) is 2. The van der Waals surface area contributed by atoms with Crippen molar-refractivity contribution in [3.63, 3.8) is 0 Å². The van der Waals surface area contributed by atoms with Crippen molar-refractivity contribution in [2.24, 2.45) is 0 Å². The predicted molar refractivity (Wildman–Crippen MR) is 80.7 cm³/mol. The quantitative estimate of drug-likeness (QED) is 0.779. The Hall–Kier alpha value is -2.28. The first-order chi connectivity index (χ1) is 10.2. The fourth-order valence-electron chi connectivity index (χ4n) is 2.22. The Balaban J connectivity index is 1.55. The minimum atomic E-state index is -0.293. The number of aromatic nitrogens is 4. The fraction of sp³-hybridized carbons (Fsp3) is 0.286. The normalized spacial score (nSPS) is 14.5. The topological polar surface area (TPSA) is 83.6 Å². The molecule has 0 bridgehead atoms. The van der Waals surface area contributed by atoms with Crippen molar-refractivity contribution in [3.8, 4) is 0 Å². The van der Waals surface area contributed by atoms with Crippen molar-refractivity contribution >= 4 is 33.1 Å². The summed E-state index contributed by atoms with van der Waals surface area (Å²) in [4.78, 5) is 20.8. The molecule has 1 amide bonds. The van der Waals surface area contributed by atoms with Gasteiger partial charge in [-0.2, -0.15) is 0 Å². The first-order valence-corrected chi connectivity index (χ1v) is 7.61. The second-order valence-electron chi connectivity index (χ2n) is 5.19. The summed E-state index contributed by atoms with van der Waals surface area (Å²) in [5, 5.41) is 10.7. The second kappa shape index (κ2) is 4.63. The number of H-pyrrole nitrogens is 1. The van der Waals surface area contributed by atoms with Crippen molar-refractivity contribution < 1.29 is 4.79 Å². The van der Waals surface area contributed by atoms with E-state index in [1.165, 1.54) is 0 Å². The molecule has 2 N–H and O–H groups in total. The summed E-state index contributed by atoms with van der Waals surface area (Å²) in [6, 6.07) is 5.67. The Morgan fingerprint density at radius 3 is 3.05 bits per heavy atom. The van der Waals surface area contributed by atoms with Crippen LogP contribution in [0.3, 0.4) is 0 Å². The lowest BCUT2D eigenvalue weighted by Crippen LogP contribution is -2.13. The van der Waals surface area contributed by atoms with Gasteiger partial charge in [0.1, 0.15) is 5.82 Å². The molecule has 3 aromatic rings. The van der Waals surface area contributed by atoms with Gasteiger partial charge in [-0.25, -0.2) is 9.97 Å². The Labute approximate surface area is 124 Å². The largest absolute Gasteiger partial charge is 0.319 e. The Morgan fingerprint density at radius 2 is 2.24 bits per heavy atom. The Kier molecular flexibility index (Phi) is 2.75. The standard InChI is InChI=1S/C14H13N5OS/c1-7-15-10-5-4-9(6-11(10)21-7)16-14(20)13-17-12(18-19-13)8-2-3-8/h4-6,8H,2-3H2,1H3,(H,16,20)(H,17,18,19). The van der Waals surface area contributed by atoms with Gasteiger partial charge in [-0.05, 0) is 38.0 Å². The van der Waals surface area contributed by atoms with Gasteiger partial charge in [0.05, 0.1) is 15.2 Å². The van der Waals surface area contributed by atoms with Crippen LogP contribution < -0.4 is 5.32 Å². The molecule has 2 heterocycles. The summed E-state index contributed by atoms with van der Waals surface area (Å²) in [6.45, 7) is 1.97. The van der Waals surface area contributed by atoms with Crippen LogP contribution in [0.25, 0.3) is 10.2 Å². The number of carbonyl (C=O) groups is 1. The van der Waals surface area contributed by atoms with E-state index < -0.39 is 0 Å². The highest BCUT2D eigenvalue weighted by atomic mass is 32.1. The highest BCUT2D eigenvalue weighted by Crippen LogP contribution is 2.37. The molecule has 0 radical (unpaired) electrons. The smallest absolute Gasteiger partial charge is 0.295 e. The molecule has 1 saturated carbocycles. The van der Waals surface area contributed by atoms with Gasteiger partial charge >= 0.3 is 0 Å². The zero-order valence-corrected chi connectivity index (χ0v) is 12.2. The van der Waals surface area contributed by atoms with Gasteiger partial charge < -0.3 is 5.32 Å². The average molecular weight is 299 g/mol. The SMILES string of the molecule is Cc1nc2ccc(NC(=O)c3n[nH]c(C4CC4)n3)cc2s1. The maximum Gasteiger partial charge on any atom is 0.295 e. The van der Waals surface area contributed by atoms with Crippen molar-refractivity contribution in [3.05, 3.63) is 34.9 Å². The van der Waals surface area contributed by atoms with Crippen LogP contribution in [0.1, 0.15) is 40.2 Å². The first kappa shape index (κ1) is 12.5. The maximum absolute atomic E-state index is 12.1. The lowest BCUT2D eigenvalue weighted by atomic mass is 10.3. The molecule has 6 nitrogen and oxygen atoms in total. The van der Waals surface area contributed by atoms with Crippen LogP contribution >= 0.6 is 11.3 Å². The van der Waals surface area contributed by atoms with Crippen LogP contribution in [-0.2, 0) is 0 Å². The van der Waals surface area contributed by atoms with Crippen molar-refractivity contribution in [1.29, 1.82) is 0 Å². The number of carbonyl (C=O) groups excluding carboxylic acids is 1. The summed E-state index contributed by atoms with van der Waals surface area (Å²) in [6.07, 6.45) is 2.25. The number of thiazole rings is 1. The number of hydrogen-bond donors (Lipinski definition) is 2. The van der Waals surface area contributed by atoms with E-state index in [2.05, 4.69) is 25.5 Å². The third-order valence-corrected chi connectivity index (χ3v) is 4.36. The number of rotatable bonds is 3. The summed E-state index contributed by atoms with van der Waals surface area (Å²) >= 11 is 1.61.